The summed E-state index contributed by atoms with van der Waals surface area (Å²) in [7, 11) is -7.50. The molecule has 1 heterocycles. The van der Waals surface area contributed by atoms with Crippen LogP contribution < -0.4 is 10.9 Å². The first kappa shape index (κ1) is 26.7. The molecule has 33 heavy (non-hydrogen) atoms. The van der Waals surface area contributed by atoms with Crippen LogP contribution in [0.15, 0.2) is 57.2 Å². The number of rotatable bonds is 11. The van der Waals surface area contributed by atoms with E-state index in [0.29, 0.717) is 13.1 Å². The van der Waals surface area contributed by atoms with Crippen LogP contribution in [0.5, 0.6) is 0 Å². The lowest BCUT2D eigenvalue weighted by Gasteiger charge is -2.19. The van der Waals surface area contributed by atoms with Crippen molar-refractivity contribution in [3.63, 3.8) is 0 Å². The molecule has 1 N–H and O–H groups in total. The summed E-state index contributed by atoms with van der Waals surface area (Å²) in [5.41, 5.74) is -0.297. The predicted molar refractivity (Wildman–Crippen MR) is 126 cm³/mol. The van der Waals surface area contributed by atoms with Crippen molar-refractivity contribution in [2.75, 3.05) is 31.5 Å². The molecule has 0 saturated heterocycles. The number of anilines is 1. The quantitative estimate of drug-likeness (QED) is 0.501. The summed E-state index contributed by atoms with van der Waals surface area (Å²) >= 11 is 0. The van der Waals surface area contributed by atoms with E-state index in [1.54, 1.807) is 27.7 Å². The lowest BCUT2D eigenvalue weighted by molar-refractivity contribution is -0.116. The van der Waals surface area contributed by atoms with Gasteiger partial charge in [-0.15, -0.1) is 0 Å². The standard InChI is InChI=1S/C21H30N4O6S2/c1-5-24(6-2)32(28,29)18-11-9-10-17(14-18)22-20(26)16-23-15-19(12-13-21(23)27)33(30,31)25(7-3)8-4/h9-15H,5-8,16H2,1-4H3,(H,22,26). The highest BCUT2D eigenvalue weighted by Gasteiger charge is 2.23. The maximum absolute atomic E-state index is 12.7. The highest BCUT2D eigenvalue weighted by molar-refractivity contribution is 7.89. The molecule has 2 aromatic rings. The Morgan fingerprint density at radius 2 is 1.39 bits per heavy atom. The van der Waals surface area contributed by atoms with Crippen molar-refractivity contribution in [1.29, 1.82) is 0 Å². The Bertz CT molecular complexity index is 1250. The number of amides is 1. The largest absolute Gasteiger partial charge is 0.324 e. The van der Waals surface area contributed by atoms with E-state index in [2.05, 4.69) is 5.32 Å². The third kappa shape index (κ3) is 6.08. The van der Waals surface area contributed by atoms with Crippen LogP contribution in [0.1, 0.15) is 27.7 Å². The molecule has 0 saturated carbocycles. The highest BCUT2D eigenvalue weighted by Crippen LogP contribution is 2.20. The van der Waals surface area contributed by atoms with Gasteiger partial charge in [-0.25, -0.2) is 16.8 Å². The first-order valence-corrected chi connectivity index (χ1v) is 13.5. The van der Waals surface area contributed by atoms with Gasteiger partial charge in [-0.05, 0) is 24.3 Å². The maximum Gasteiger partial charge on any atom is 0.251 e. The molecular formula is C21H30N4O6S2. The number of aromatic nitrogens is 1. The number of hydrogen-bond donors (Lipinski definition) is 1. The van der Waals surface area contributed by atoms with E-state index >= 15 is 0 Å². The van der Waals surface area contributed by atoms with Gasteiger partial charge in [0.1, 0.15) is 6.54 Å². The Morgan fingerprint density at radius 1 is 0.848 bits per heavy atom. The number of benzene rings is 1. The fraction of sp³-hybridized carbons (Fsp3) is 0.429. The van der Waals surface area contributed by atoms with Gasteiger partial charge >= 0.3 is 0 Å². The molecule has 12 heteroatoms. The second kappa shape index (κ2) is 11.1. The maximum atomic E-state index is 12.7. The zero-order valence-electron chi connectivity index (χ0n) is 19.2. The number of pyridine rings is 1. The van der Waals surface area contributed by atoms with Crippen LogP contribution in [0.3, 0.4) is 0 Å². The molecule has 0 unspecified atom stereocenters. The van der Waals surface area contributed by atoms with Crippen molar-refractivity contribution in [2.24, 2.45) is 0 Å². The molecule has 0 aliphatic rings. The second-order valence-corrected chi connectivity index (χ2v) is 11.0. The third-order valence-corrected chi connectivity index (χ3v) is 9.15. The Balaban J connectivity index is 2.27. The summed E-state index contributed by atoms with van der Waals surface area (Å²) < 4.78 is 54.4. The molecule has 10 nitrogen and oxygen atoms in total. The minimum absolute atomic E-state index is 0.0356. The van der Waals surface area contributed by atoms with E-state index in [1.165, 1.54) is 38.9 Å². The van der Waals surface area contributed by atoms with Gasteiger partial charge < -0.3 is 9.88 Å². The van der Waals surface area contributed by atoms with Gasteiger partial charge in [0.15, 0.2) is 0 Å². The van der Waals surface area contributed by atoms with E-state index in [9.17, 15) is 26.4 Å². The number of sulfonamides is 2. The zero-order valence-corrected chi connectivity index (χ0v) is 20.8. The molecular weight excluding hydrogens is 468 g/mol. The monoisotopic (exact) mass is 498 g/mol. The van der Waals surface area contributed by atoms with E-state index in [0.717, 1.165) is 16.8 Å². The van der Waals surface area contributed by atoms with E-state index in [-0.39, 0.29) is 28.6 Å². The van der Waals surface area contributed by atoms with Gasteiger partial charge in [-0.2, -0.15) is 8.61 Å². The molecule has 2 rings (SSSR count). The number of nitrogens with one attached hydrogen (secondary N) is 1. The Hall–Kier alpha value is -2.54. The molecule has 0 radical (unpaired) electrons. The van der Waals surface area contributed by atoms with Crippen molar-refractivity contribution < 1.29 is 21.6 Å². The fourth-order valence-corrected chi connectivity index (χ4v) is 6.28. The fourth-order valence-electron chi connectivity index (χ4n) is 3.30. The number of nitrogens with zero attached hydrogens (tertiary/aromatic N) is 3. The van der Waals surface area contributed by atoms with Crippen LogP contribution in [0.4, 0.5) is 5.69 Å². The Kier molecular flexibility index (Phi) is 8.95. The summed E-state index contributed by atoms with van der Waals surface area (Å²) in [5.74, 6) is -0.605. The highest BCUT2D eigenvalue weighted by atomic mass is 32.2. The average molecular weight is 499 g/mol. The van der Waals surface area contributed by atoms with Gasteiger partial charge in [0.2, 0.25) is 26.0 Å². The van der Waals surface area contributed by atoms with Crippen LogP contribution in [0.2, 0.25) is 0 Å². The van der Waals surface area contributed by atoms with Crippen molar-refractivity contribution in [2.45, 2.75) is 44.0 Å². The van der Waals surface area contributed by atoms with Gasteiger partial charge in [-0.3, -0.25) is 9.59 Å². The molecule has 1 aromatic carbocycles. The molecule has 0 bridgehead atoms. The topological polar surface area (TPSA) is 126 Å². The molecule has 1 aromatic heterocycles. The summed E-state index contributed by atoms with van der Waals surface area (Å²) in [6.07, 6.45) is 1.14. The van der Waals surface area contributed by atoms with Crippen molar-refractivity contribution in [3.8, 4) is 0 Å². The van der Waals surface area contributed by atoms with E-state index in [1.807, 2.05) is 0 Å². The molecule has 0 aliphatic carbocycles. The second-order valence-electron chi connectivity index (χ2n) is 7.09. The van der Waals surface area contributed by atoms with Gasteiger partial charge in [0.25, 0.3) is 5.56 Å². The smallest absolute Gasteiger partial charge is 0.251 e. The Labute approximate surface area is 194 Å². The Morgan fingerprint density at radius 3 is 1.94 bits per heavy atom. The average Bonchev–Trinajstić information content (AvgIpc) is 2.76. The number of hydrogen-bond acceptors (Lipinski definition) is 6. The minimum Gasteiger partial charge on any atom is -0.324 e. The molecule has 0 aliphatic heterocycles. The van der Waals surface area contributed by atoms with Crippen molar-refractivity contribution in [3.05, 3.63) is 52.9 Å². The summed E-state index contributed by atoms with van der Waals surface area (Å²) in [4.78, 5) is 24.7. The van der Waals surface area contributed by atoms with Gasteiger partial charge in [-0.1, -0.05) is 33.8 Å². The SMILES string of the molecule is CCN(CC)S(=O)(=O)c1cccc(NC(=O)Cn2cc(S(=O)(=O)N(CC)CC)ccc2=O)c1. The van der Waals surface area contributed by atoms with E-state index < -0.39 is 38.1 Å². The molecule has 1 amide bonds. The van der Waals surface area contributed by atoms with Crippen LogP contribution >= 0.6 is 0 Å². The van der Waals surface area contributed by atoms with Crippen LogP contribution in [0, 0.1) is 0 Å². The van der Waals surface area contributed by atoms with Crippen molar-refractivity contribution in [1.82, 2.24) is 13.2 Å². The van der Waals surface area contributed by atoms with Crippen LogP contribution in [-0.2, 0) is 31.4 Å². The lowest BCUT2D eigenvalue weighted by Crippen LogP contribution is -2.33. The van der Waals surface area contributed by atoms with E-state index in [4.69, 9.17) is 0 Å². The van der Waals surface area contributed by atoms with Gasteiger partial charge in [0, 0.05) is 44.1 Å². The molecule has 182 valence electrons. The zero-order chi connectivity index (χ0) is 24.8. The minimum atomic E-state index is -3.80. The third-order valence-electron chi connectivity index (χ3n) is 5.07. The van der Waals surface area contributed by atoms with Crippen LogP contribution in [-0.4, -0.2) is 62.1 Å². The molecule has 0 atom stereocenters. The number of carbonyl (C=O) groups is 1. The van der Waals surface area contributed by atoms with Gasteiger partial charge in [0.05, 0.1) is 9.79 Å². The van der Waals surface area contributed by atoms with Crippen LogP contribution in [0.25, 0.3) is 0 Å². The molecule has 0 spiro atoms. The lowest BCUT2D eigenvalue weighted by atomic mass is 10.3. The summed E-state index contributed by atoms with van der Waals surface area (Å²) in [5, 5.41) is 2.57. The van der Waals surface area contributed by atoms with Crippen molar-refractivity contribution >= 4 is 31.6 Å². The summed E-state index contributed by atoms with van der Waals surface area (Å²) in [6, 6.07) is 8.14. The molecule has 0 fully saturated rings. The summed E-state index contributed by atoms with van der Waals surface area (Å²) in [6.45, 7) is 7.61. The number of carbonyl (C=O) groups excluding carboxylic acids is 1. The first-order valence-electron chi connectivity index (χ1n) is 10.6. The normalized spacial score (nSPS) is 12.3. The predicted octanol–water partition coefficient (Wildman–Crippen LogP) is 1.55. The first-order chi connectivity index (χ1) is 15.5.